The van der Waals surface area contributed by atoms with Crippen LogP contribution in [-0.2, 0) is 4.74 Å². The molecule has 0 aliphatic rings. The van der Waals surface area contributed by atoms with Gasteiger partial charge in [0.25, 0.3) is 0 Å². The summed E-state index contributed by atoms with van der Waals surface area (Å²) in [5.74, 6) is 0. The molecule has 1 atom stereocenters. The van der Waals surface area contributed by atoms with Crippen molar-refractivity contribution in [1.82, 2.24) is 10.2 Å². The zero-order valence-corrected chi connectivity index (χ0v) is 13.7. The van der Waals surface area contributed by atoms with E-state index < -0.39 is 0 Å². The summed E-state index contributed by atoms with van der Waals surface area (Å²) in [6.07, 6.45) is 1.09. The molecule has 0 aromatic heterocycles. The average molecular weight is 329 g/mol. The summed E-state index contributed by atoms with van der Waals surface area (Å²) in [7, 11) is 3.78. The Morgan fingerprint density at radius 2 is 2.05 bits per heavy atom. The average Bonchev–Trinajstić information content (AvgIpc) is 2.44. The fraction of sp³-hybridized carbons (Fsp3) is 0.600. The Balaban J connectivity index is 2.55. The first-order chi connectivity index (χ1) is 9.22. The molecule has 0 bridgehead atoms. The Kier molecular flexibility index (Phi) is 8.30. The second kappa shape index (κ2) is 9.48. The first-order valence-electron chi connectivity index (χ1n) is 6.85. The molecule has 0 aliphatic heterocycles. The van der Waals surface area contributed by atoms with Crippen molar-refractivity contribution in [1.29, 1.82) is 0 Å². The quantitative estimate of drug-likeness (QED) is 0.754. The van der Waals surface area contributed by atoms with E-state index in [4.69, 9.17) is 4.74 Å². The molecule has 1 rings (SSSR count). The van der Waals surface area contributed by atoms with Gasteiger partial charge in [0, 0.05) is 30.7 Å². The van der Waals surface area contributed by atoms with Gasteiger partial charge in [-0.25, -0.2) is 0 Å². The molecule has 0 saturated carbocycles. The third-order valence-corrected chi connectivity index (χ3v) is 4.14. The van der Waals surface area contributed by atoms with Gasteiger partial charge in [0.1, 0.15) is 0 Å². The first kappa shape index (κ1) is 16.6. The van der Waals surface area contributed by atoms with Crippen molar-refractivity contribution in [2.45, 2.75) is 19.4 Å². The van der Waals surface area contributed by atoms with E-state index in [2.05, 4.69) is 57.3 Å². The van der Waals surface area contributed by atoms with Gasteiger partial charge in [-0.2, -0.15) is 0 Å². The number of benzene rings is 1. The molecule has 0 aliphatic carbocycles. The number of hydrogen-bond acceptors (Lipinski definition) is 3. The van der Waals surface area contributed by atoms with E-state index in [9.17, 15) is 0 Å². The largest absolute Gasteiger partial charge is 0.383 e. The zero-order valence-electron chi connectivity index (χ0n) is 12.2. The monoisotopic (exact) mass is 328 g/mol. The molecule has 0 amide bonds. The van der Waals surface area contributed by atoms with Crippen molar-refractivity contribution in [3.05, 3.63) is 34.3 Å². The minimum Gasteiger partial charge on any atom is -0.383 e. The summed E-state index contributed by atoms with van der Waals surface area (Å²) >= 11 is 3.63. The molecule has 0 fully saturated rings. The smallest absolute Gasteiger partial charge is 0.0589 e. The van der Waals surface area contributed by atoms with Gasteiger partial charge in [-0.3, -0.25) is 0 Å². The van der Waals surface area contributed by atoms with Crippen LogP contribution < -0.4 is 5.32 Å². The fourth-order valence-corrected chi connectivity index (χ4v) is 2.73. The lowest BCUT2D eigenvalue weighted by molar-refractivity contribution is 0.148. The van der Waals surface area contributed by atoms with Crippen LogP contribution in [0.4, 0.5) is 0 Å². The van der Waals surface area contributed by atoms with Crippen LogP contribution in [0.2, 0.25) is 0 Å². The molecule has 0 heterocycles. The number of hydrogen-bond donors (Lipinski definition) is 1. The summed E-state index contributed by atoms with van der Waals surface area (Å²) in [6, 6.07) is 8.80. The Morgan fingerprint density at radius 1 is 1.32 bits per heavy atom. The number of ether oxygens (including phenoxy) is 1. The molecule has 4 heteroatoms. The third-order valence-electron chi connectivity index (χ3n) is 3.42. The molecule has 0 saturated heterocycles. The molecule has 1 N–H and O–H groups in total. The van der Waals surface area contributed by atoms with Crippen molar-refractivity contribution in [3.63, 3.8) is 0 Å². The van der Waals surface area contributed by atoms with Gasteiger partial charge in [0.05, 0.1) is 6.61 Å². The molecule has 19 heavy (non-hydrogen) atoms. The van der Waals surface area contributed by atoms with Crippen LogP contribution in [0.1, 0.15) is 24.9 Å². The maximum Gasteiger partial charge on any atom is 0.0589 e. The molecule has 1 unspecified atom stereocenters. The first-order valence-corrected chi connectivity index (χ1v) is 7.65. The lowest BCUT2D eigenvalue weighted by Gasteiger charge is -2.24. The van der Waals surface area contributed by atoms with Crippen LogP contribution in [0.5, 0.6) is 0 Å². The minimum absolute atomic E-state index is 0.382. The van der Waals surface area contributed by atoms with Gasteiger partial charge < -0.3 is 15.0 Å². The van der Waals surface area contributed by atoms with E-state index in [-0.39, 0.29) is 0 Å². The summed E-state index contributed by atoms with van der Waals surface area (Å²) < 4.78 is 6.32. The van der Waals surface area contributed by atoms with Crippen molar-refractivity contribution >= 4 is 15.9 Å². The van der Waals surface area contributed by atoms with Gasteiger partial charge in [0.2, 0.25) is 0 Å². The Labute approximate surface area is 125 Å². The van der Waals surface area contributed by atoms with Gasteiger partial charge in [-0.1, -0.05) is 41.1 Å². The van der Waals surface area contributed by atoms with E-state index in [0.717, 1.165) is 32.7 Å². The Morgan fingerprint density at radius 3 is 2.63 bits per heavy atom. The van der Waals surface area contributed by atoms with Gasteiger partial charge in [-0.05, 0) is 31.6 Å². The minimum atomic E-state index is 0.382. The van der Waals surface area contributed by atoms with Gasteiger partial charge in [0.15, 0.2) is 0 Å². The summed E-state index contributed by atoms with van der Waals surface area (Å²) in [5.41, 5.74) is 1.33. The van der Waals surface area contributed by atoms with Gasteiger partial charge in [-0.15, -0.1) is 0 Å². The number of nitrogens with one attached hydrogen (secondary N) is 1. The third kappa shape index (κ3) is 5.61. The molecule has 0 radical (unpaired) electrons. The predicted octanol–water partition coefficient (Wildman–Crippen LogP) is 3.07. The van der Waals surface area contributed by atoms with Crippen molar-refractivity contribution in [2.75, 3.05) is 40.4 Å². The highest BCUT2D eigenvalue weighted by molar-refractivity contribution is 9.10. The number of likely N-dealkylation sites (N-methyl/N-ethyl adjacent to an activating group) is 1. The van der Waals surface area contributed by atoms with Crippen molar-refractivity contribution in [2.24, 2.45) is 0 Å². The SMILES string of the molecule is CCN(CCOC)CCC(NC)c1ccccc1Br. The second-order valence-electron chi connectivity index (χ2n) is 4.58. The molecule has 1 aromatic rings. The number of methoxy groups -OCH3 is 1. The van der Waals surface area contributed by atoms with Crippen LogP contribution in [0.15, 0.2) is 28.7 Å². The van der Waals surface area contributed by atoms with Crippen LogP contribution >= 0.6 is 15.9 Å². The van der Waals surface area contributed by atoms with Gasteiger partial charge >= 0.3 is 0 Å². The van der Waals surface area contributed by atoms with E-state index in [0.29, 0.717) is 6.04 Å². The standard InChI is InChI=1S/C15H25BrN2O/c1-4-18(11-12-19-3)10-9-15(17-2)13-7-5-6-8-14(13)16/h5-8,15,17H,4,9-12H2,1-3H3. The lowest BCUT2D eigenvalue weighted by Crippen LogP contribution is -2.31. The molecular formula is C15H25BrN2O. The van der Waals surface area contributed by atoms with Crippen LogP contribution in [0.25, 0.3) is 0 Å². The molecule has 3 nitrogen and oxygen atoms in total. The van der Waals surface area contributed by atoms with E-state index in [1.807, 2.05) is 7.05 Å². The number of rotatable bonds is 9. The number of nitrogens with zero attached hydrogens (tertiary/aromatic N) is 1. The summed E-state index contributed by atoms with van der Waals surface area (Å²) in [5, 5.41) is 3.41. The zero-order chi connectivity index (χ0) is 14.1. The van der Waals surface area contributed by atoms with E-state index >= 15 is 0 Å². The van der Waals surface area contributed by atoms with Crippen LogP contribution in [0.3, 0.4) is 0 Å². The maximum atomic E-state index is 5.15. The number of halogens is 1. The molecule has 0 spiro atoms. The van der Waals surface area contributed by atoms with Crippen LogP contribution in [-0.4, -0.2) is 45.3 Å². The summed E-state index contributed by atoms with van der Waals surface area (Å²) in [4.78, 5) is 2.42. The van der Waals surface area contributed by atoms with Crippen molar-refractivity contribution in [3.8, 4) is 0 Å². The normalized spacial score (nSPS) is 12.9. The van der Waals surface area contributed by atoms with E-state index in [1.54, 1.807) is 7.11 Å². The molecule has 108 valence electrons. The predicted molar refractivity (Wildman–Crippen MR) is 84.5 cm³/mol. The highest BCUT2D eigenvalue weighted by Crippen LogP contribution is 2.25. The molecule has 1 aromatic carbocycles. The second-order valence-corrected chi connectivity index (χ2v) is 5.43. The Bertz CT molecular complexity index is 360. The Hall–Kier alpha value is -0.420. The molecular weight excluding hydrogens is 304 g/mol. The maximum absolute atomic E-state index is 5.15. The van der Waals surface area contributed by atoms with Crippen LogP contribution in [0, 0.1) is 0 Å². The van der Waals surface area contributed by atoms with Crippen molar-refractivity contribution < 1.29 is 4.74 Å². The van der Waals surface area contributed by atoms with E-state index in [1.165, 1.54) is 10.0 Å². The fourth-order valence-electron chi connectivity index (χ4n) is 2.17. The summed E-state index contributed by atoms with van der Waals surface area (Å²) in [6.45, 7) is 6.14. The topological polar surface area (TPSA) is 24.5 Å². The highest BCUT2D eigenvalue weighted by Gasteiger charge is 2.13. The lowest BCUT2D eigenvalue weighted by atomic mass is 10.0. The highest BCUT2D eigenvalue weighted by atomic mass is 79.9.